The molecular formula is C13H14ClFN4. The van der Waals surface area contributed by atoms with Crippen molar-refractivity contribution in [1.29, 1.82) is 0 Å². The number of rotatable bonds is 4. The van der Waals surface area contributed by atoms with Gasteiger partial charge in [-0.1, -0.05) is 11.6 Å². The van der Waals surface area contributed by atoms with E-state index >= 15 is 0 Å². The number of hydrogen-bond acceptors (Lipinski definition) is 4. The van der Waals surface area contributed by atoms with Gasteiger partial charge in [0.05, 0.1) is 5.02 Å². The Hall–Kier alpha value is -1.88. The molecular weight excluding hydrogens is 267 g/mol. The summed E-state index contributed by atoms with van der Waals surface area (Å²) in [6.45, 7) is 4.60. The van der Waals surface area contributed by atoms with Gasteiger partial charge in [0.25, 0.3) is 0 Å². The highest BCUT2D eigenvalue weighted by atomic mass is 35.5. The van der Waals surface area contributed by atoms with E-state index in [-0.39, 0.29) is 5.02 Å². The zero-order valence-electron chi connectivity index (χ0n) is 10.7. The van der Waals surface area contributed by atoms with Crippen LogP contribution in [0.1, 0.15) is 12.5 Å². The fourth-order valence-corrected chi connectivity index (χ4v) is 1.70. The van der Waals surface area contributed by atoms with E-state index in [1.54, 1.807) is 12.3 Å². The highest BCUT2D eigenvalue weighted by molar-refractivity contribution is 6.31. The molecule has 0 spiro atoms. The van der Waals surface area contributed by atoms with Crippen LogP contribution in [0.3, 0.4) is 0 Å². The quantitative estimate of drug-likeness (QED) is 0.895. The van der Waals surface area contributed by atoms with Crippen LogP contribution in [0.15, 0.2) is 24.4 Å². The third kappa shape index (κ3) is 3.32. The van der Waals surface area contributed by atoms with Crippen molar-refractivity contribution in [3.05, 3.63) is 40.8 Å². The van der Waals surface area contributed by atoms with Crippen LogP contribution in [-0.2, 0) is 0 Å². The third-order valence-corrected chi connectivity index (χ3v) is 2.78. The molecule has 19 heavy (non-hydrogen) atoms. The number of benzene rings is 1. The molecule has 4 nitrogen and oxygen atoms in total. The highest BCUT2D eigenvalue weighted by Crippen LogP contribution is 2.23. The number of halogens is 2. The lowest BCUT2D eigenvalue weighted by atomic mass is 10.3. The van der Waals surface area contributed by atoms with E-state index in [9.17, 15) is 4.39 Å². The molecule has 0 saturated carbocycles. The van der Waals surface area contributed by atoms with E-state index < -0.39 is 5.82 Å². The van der Waals surface area contributed by atoms with E-state index in [1.807, 2.05) is 13.8 Å². The summed E-state index contributed by atoms with van der Waals surface area (Å²) in [7, 11) is 0. The molecule has 0 aliphatic heterocycles. The summed E-state index contributed by atoms with van der Waals surface area (Å²) >= 11 is 5.74. The molecule has 1 aromatic carbocycles. The molecule has 0 bridgehead atoms. The lowest BCUT2D eigenvalue weighted by Gasteiger charge is -2.10. The lowest BCUT2D eigenvalue weighted by Crippen LogP contribution is -2.05. The molecule has 0 atom stereocenters. The van der Waals surface area contributed by atoms with Crippen molar-refractivity contribution in [2.75, 3.05) is 17.2 Å². The van der Waals surface area contributed by atoms with Gasteiger partial charge in [-0.3, -0.25) is 0 Å². The van der Waals surface area contributed by atoms with Crippen molar-refractivity contribution in [2.24, 2.45) is 0 Å². The molecule has 0 saturated heterocycles. The standard InChI is InChI=1S/C13H14ClFN4/c1-3-16-13-17-7-8(2)12(19-13)18-9-4-5-11(15)10(14)6-9/h4-7H,3H2,1-2H3,(H2,16,17,18,19). The average Bonchev–Trinajstić information content (AvgIpc) is 2.38. The van der Waals surface area contributed by atoms with Crippen molar-refractivity contribution in [3.63, 3.8) is 0 Å². The SMILES string of the molecule is CCNc1ncc(C)c(Nc2ccc(F)c(Cl)c2)n1. The fourth-order valence-electron chi connectivity index (χ4n) is 1.52. The minimum Gasteiger partial charge on any atom is -0.354 e. The van der Waals surface area contributed by atoms with E-state index in [1.165, 1.54) is 12.1 Å². The van der Waals surface area contributed by atoms with Crippen molar-refractivity contribution >= 4 is 29.1 Å². The van der Waals surface area contributed by atoms with Crippen LogP contribution in [0.25, 0.3) is 0 Å². The van der Waals surface area contributed by atoms with Crippen molar-refractivity contribution in [3.8, 4) is 0 Å². The molecule has 0 fully saturated rings. The van der Waals surface area contributed by atoms with Crippen LogP contribution in [0.4, 0.5) is 21.8 Å². The van der Waals surface area contributed by atoms with Crippen LogP contribution in [0.2, 0.25) is 5.02 Å². The molecule has 6 heteroatoms. The Morgan fingerprint density at radius 2 is 2.16 bits per heavy atom. The van der Waals surface area contributed by atoms with Crippen LogP contribution in [0.5, 0.6) is 0 Å². The van der Waals surface area contributed by atoms with Gasteiger partial charge < -0.3 is 10.6 Å². The first kappa shape index (κ1) is 13.5. The molecule has 0 aliphatic rings. The summed E-state index contributed by atoms with van der Waals surface area (Å²) in [5.74, 6) is 0.761. The van der Waals surface area contributed by atoms with Gasteiger partial charge in [0, 0.05) is 24.0 Å². The third-order valence-electron chi connectivity index (χ3n) is 2.49. The Morgan fingerprint density at radius 3 is 2.84 bits per heavy atom. The van der Waals surface area contributed by atoms with Gasteiger partial charge in [-0.05, 0) is 32.0 Å². The van der Waals surface area contributed by atoms with Crippen molar-refractivity contribution in [2.45, 2.75) is 13.8 Å². The summed E-state index contributed by atoms with van der Waals surface area (Å²) in [6.07, 6.45) is 1.72. The smallest absolute Gasteiger partial charge is 0.224 e. The van der Waals surface area contributed by atoms with Gasteiger partial charge in [-0.2, -0.15) is 4.98 Å². The first-order chi connectivity index (χ1) is 9.10. The molecule has 100 valence electrons. The second-order valence-corrected chi connectivity index (χ2v) is 4.42. The molecule has 0 radical (unpaired) electrons. The molecule has 1 aromatic heterocycles. The van der Waals surface area contributed by atoms with Crippen LogP contribution < -0.4 is 10.6 Å². The summed E-state index contributed by atoms with van der Waals surface area (Å²) < 4.78 is 13.1. The number of aromatic nitrogens is 2. The summed E-state index contributed by atoms with van der Waals surface area (Å²) in [4.78, 5) is 8.49. The average molecular weight is 281 g/mol. The summed E-state index contributed by atoms with van der Waals surface area (Å²) in [5.41, 5.74) is 1.57. The number of nitrogens with zero attached hydrogens (tertiary/aromatic N) is 2. The maximum absolute atomic E-state index is 13.1. The number of aryl methyl sites for hydroxylation is 1. The predicted octanol–water partition coefficient (Wildman–Crippen LogP) is 3.75. The van der Waals surface area contributed by atoms with E-state index in [2.05, 4.69) is 20.6 Å². The molecule has 2 aromatic rings. The minimum atomic E-state index is -0.444. The van der Waals surface area contributed by atoms with Crippen molar-refractivity contribution < 1.29 is 4.39 Å². The van der Waals surface area contributed by atoms with Crippen LogP contribution in [0, 0.1) is 12.7 Å². The van der Waals surface area contributed by atoms with Gasteiger partial charge in [0.15, 0.2) is 0 Å². The first-order valence-electron chi connectivity index (χ1n) is 5.89. The van der Waals surface area contributed by atoms with Crippen molar-refractivity contribution in [1.82, 2.24) is 9.97 Å². The Balaban J connectivity index is 2.26. The Kier molecular flexibility index (Phi) is 4.16. The number of hydrogen-bond donors (Lipinski definition) is 2. The maximum Gasteiger partial charge on any atom is 0.224 e. The van der Waals surface area contributed by atoms with Gasteiger partial charge in [0.1, 0.15) is 11.6 Å². The largest absolute Gasteiger partial charge is 0.354 e. The van der Waals surface area contributed by atoms with Gasteiger partial charge in [-0.15, -0.1) is 0 Å². The normalized spacial score (nSPS) is 10.3. The number of nitrogens with one attached hydrogen (secondary N) is 2. The summed E-state index contributed by atoms with van der Waals surface area (Å²) in [5, 5.41) is 6.20. The zero-order valence-corrected chi connectivity index (χ0v) is 11.4. The second kappa shape index (κ2) is 5.84. The predicted molar refractivity (Wildman–Crippen MR) is 75.6 cm³/mol. The second-order valence-electron chi connectivity index (χ2n) is 4.01. The molecule has 1 heterocycles. The van der Waals surface area contributed by atoms with Gasteiger partial charge in [-0.25, -0.2) is 9.37 Å². The monoisotopic (exact) mass is 280 g/mol. The van der Waals surface area contributed by atoms with Crippen LogP contribution >= 0.6 is 11.6 Å². The number of anilines is 3. The first-order valence-corrected chi connectivity index (χ1v) is 6.27. The van der Waals surface area contributed by atoms with E-state index in [4.69, 9.17) is 11.6 Å². The molecule has 2 N–H and O–H groups in total. The fraction of sp³-hybridized carbons (Fsp3) is 0.231. The maximum atomic E-state index is 13.1. The lowest BCUT2D eigenvalue weighted by molar-refractivity contribution is 0.628. The van der Waals surface area contributed by atoms with E-state index in [0.717, 1.165) is 12.1 Å². The summed E-state index contributed by atoms with van der Waals surface area (Å²) in [6, 6.07) is 4.44. The Labute approximate surface area is 116 Å². The highest BCUT2D eigenvalue weighted by Gasteiger charge is 2.06. The molecule has 0 aliphatic carbocycles. The molecule has 2 rings (SSSR count). The molecule has 0 unspecified atom stereocenters. The van der Waals surface area contributed by atoms with Crippen LogP contribution in [-0.4, -0.2) is 16.5 Å². The Bertz CT molecular complexity index is 589. The topological polar surface area (TPSA) is 49.8 Å². The van der Waals surface area contributed by atoms with Gasteiger partial charge in [0.2, 0.25) is 5.95 Å². The Morgan fingerprint density at radius 1 is 1.37 bits per heavy atom. The van der Waals surface area contributed by atoms with E-state index in [0.29, 0.717) is 17.5 Å². The van der Waals surface area contributed by atoms with Gasteiger partial charge >= 0.3 is 0 Å². The zero-order chi connectivity index (χ0) is 13.8. The minimum absolute atomic E-state index is 0.0728. The molecule has 0 amide bonds.